The number of nitrogens with zero attached hydrogens (tertiary/aromatic N) is 2. The third kappa shape index (κ3) is 4.14. The number of amides is 2. The molecule has 2 aliphatic rings. The molecule has 0 atom stereocenters. The molecule has 1 aromatic carbocycles. The molecule has 1 saturated carbocycles. The second kappa shape index (κ2) is 8.01. The van der Waals surface area contributed by atoms with E-state index in [9.17, 15) is 23.5 Å². The highest BCUT2D eigenvalue weighted by Gasteiger charge is 2.28. The van der Waals surface area contributed by atoms with Gasteiger partial charge in [-0.15, -0.1) is 0 Å². The average Bonchev–Trinajstić information content (AvgIpc) is 3.12. The summed E-state index contributed by atoms with van der Waals surface area (Å²) >= 11 is 0. The number of phenols is 1. The molecule has 2 amide bonds. The van der Waals surface area contributed by atoms with Gasteiger partial charge in [0.1, 0.15) is 22.9 Å². The maximum Gasteiger partial charge on any atom is 0.260 e. The molecule has 1 aliphatic carbocycles. The number of halogens is 2. The first kappa shape index (κ1) is 18.6. The summed E-state index contributed by atoms with van der Waals surface area (Å²) < 4.78 is 26.9. The highest BCUT2D eigenvalue weighted by atomic mass is 19.1. The number of hydrogen-bond acceptors (Lipinski definition) is 3. The van der Waals surface area contributed by atoms with Crippen LogP contribution < -0.4 is 0 Å². The molecule has 0 bridgehead atoms. The van der Waals surface area contributed by atoms with Crippen LogP contribution in [0.1, 0.15) is 48.9 Å². The molecule has 1 heterocycles. The molecule has 2 fully saturated rings. The van der Waals surface area contributed by atoms with Gasteiger partial charge in [-0.05, 0) is 12.3 Å². The Balaban J connectivity index is 1.53. The maximum absolute atomic E-state index is 13.9. The predicted molar refractivity (Wildman–Crippen MR) is 91.7 cm³/mol. The van der Waals surface area contributed by atoms with E-state index in [0.29, 0.717) is 31.5 Å². The van der Waals surface area contributed by atoms with Crippen molar-refractivity contribution in [2.24, 2.45) is 5.92 Å². The monoisotopic (exact) mass is 366 g/mol. The molecule has 142 valence electrons. The van der Waals surface area contributed by atoms with Crippen molar-refractivity contribution in [3.63, 3.8) is 0 Å². The largest absolute Gasteiger partial charge is 0.507 e. The number of carbonyl (C=O) groups excluding carboxylic acids is 2. The third-order valence-corrected chi connectivity index (χ3v) is 5.41. The van der Waals surface area contributed by atoms with Gasteiger partial charge in [0, 0.05) is 44.7 Å². The Morgan fingerprint density at radius 3 is 2.27 bits per heavy atom. The van der Waals surface area contributed by atoms with Crippen LogP contribution in [0, 0.1) is 17.6 Å². The zero-order chi connectivity index (χ0) is 18.7. The van der Waals surface area contributed by atoms with Crippen molar-refractivity contribution in [1.29, 1.82) is 0 Å². The summed E-state index contributed by atoms with van der Waals surface area (Å²) in [5.74, 6) is -2.65. The van der Waals surface area contributed by atoms with Crippen molar-refractivity contribution < 1.29 is 23.5 Å². The highest BCUT2D eigenvalue weighted by Crippen LogP contribution is 2.29. The van der Waals surface area contributed by atoms with E-state index in [1.165, 1.54) is 30.6 Å². The second-order valence-electron chi connectivity index (χ2n) is 7.14. The number of carbonyl (C=O) groups is 2. The summed E-state index contributed by atoms with van der Waals surface area (Å²) in [6.45, 7) is 1.31. The first-order chi connectivity index (χ1) is 12.5. The smallest absolute Gasteiger partial charge is 0.260 e. The molecule has 1 aromatic rings. The third-order valence-electron chi connectivity index (χ3n) is 5.41. The molecule has 1 N–H and O–H groups in total. The Bertz CT molecular complexity index is 658. The number of rotatable bonds is 4. The zero-order valence-electron chi connectivity index (χ0n) is 14.7. The first-order valence-corrected chi connectivity index (χ1v) is 9.20. The van der Waals surface area contributed by atoms with Gasteiger partial charge in [-0.3, -0.25) is 9.59 Å². The van der Waals surface area contributed by atoms with Crippen molar-refractivity contribution in [1.82, 2.24) is 9.80 Å². The average molecular weight is 366 g/mol. The van der Waals surface area contributed by atoms with Crippen LogP contribution in [-0.4, -0.2) is 52.9 Å². The lowest BCUT2D eigenvalue weighted by Gasteiger charge is -2.35. The summed E-state index contributed by atoms with van der Waals surface area (Å²) in [5.41, 5.74) is -0.521. The van der Waals surface area contributed by atoms with Crippen molar-refractivity contribution in [3.8, 4) is 5.75 Å². The Labute approximate surface area is 151 Å². The highest BCUT2D eigenvalue weighted by molar-refractivity contribution is 5.97. The number of aromatic hydroxyl groups is 1. The zero-order valence-corrected chi connectivity index (χ0v) is 14.7. The number of phenolic OH excluding ortho intramolecular Hbond substituents is 1. The van der Waals surface area contributed by atoms with Crippen LogP contribution >= 0.6 is 0 Å². The summed E-state index contributed by atoms with van der Waals surface area (Å²) in [6.07, 6.45) is 6.39. The minimum atomic E-state index is -1.08. The minimum Gasteiger partial charge on any atom is -0.507 e. The quantitative estimate of drug-likeness (QED) is 0.891. The molecular formula is C19H24F2N2O3. The van der Waals surface area contributed by atoms with Gasteiger partial charge in [0.25, 0.3) is 5.91 Å². The molecule has 3 rings (SSSR count). The fourth-order valence-electron chi connectivity index (χ4n) is 3.87. The van der Waals surface area contributed by atoms with Crippen LogP contribution in [0.25, 0.3) is 0 Å². The van der Waals surface area contributed by atoms with Gasteiger partial charge in [-0.2, -0.15) is 0 Å². The summed E-state index contributed by atoms with van der Waals surface area (Å²) in [6, 6.07) is 1.30. The Kier molecular flexibility index (Phi) is 5.74. The number of piperazine rings is 1. The standard InChI is InChI=1S/C19H24F2N2O3/c20-14-11-15(21)18(16(24)12-14)19(26)23-9-7-22(8-10-23)17(25)6-5-13-3-1-2-4-13/h11-13,24H,1-10H2. The normalized spacial score (nSPS) is 18.4. The van der Waals surface area contributed by atoms with Crippen LogP contribution in [0.2, 0.25) is 0 Å². The maximum atomic E-state index is 13.9. The van der Waals surface area contributed by atoms with E-state index in [2.05, 4.69) is 0 Å². The molecule has 0 unspecified atom stereocenters. The van der Waals surface area contributed by atoms with Gasteiger partial charge in [-0.1, -0.05) is 25.7 Å². The molecule has 0 radical (unpaired) electrons. The minimum absolute atomic E-state index is 0.0970. The lowest BCUT2D eigenvalue weighted by atomic mass is 10.0. The fraction of sp³-hybridized carbons (Fsp3) is 0.579. The van der Waals surface area contributed by atoms with Gasteiger partial charge < -0.3 is 14.9 Å². The van der Waals surface area contributed by atoms with Crippen molar-refractivity contribution in [2.45, 2.75) is 38.5 Å². The number of benzene rings is 1. The van der Waals surface area contributed by atoms with Crippen LogP contribution in [0.15, 0.2) is 12.1 Å². The fourth-order valence-corrected chi connectivity index (χ4v) is 3.87. The van der Waals surface area contributed by atoms with Crippen molar-refractivity contribution >= 4 is 11.8 Å². The van der Waals surface area contributed by atoms with Crippen LogP contribution in [-0.2, 0) is 4.79 Å². The lowest BCUT2D eigenvalue weighted by molar-refractivity contribution is -0.133. The van der Waals surface area contributed by atoms with Gasteiger partial charge in [0.15, 0.2) is 0 Å². The van der Waals surface area contributed by atoms with Gasteiger partial charge >= 0.3 is 0 Å². The van der Waals surface area contributed by atoms with Gasteiger partial charge in [0.2, 0.25) is 5.91 Å². The van der Waals surface area contributed by atoms with Crippen LogP contribution in [0.5, 0.6) is 5.75 Å². The Morgan fingerprint density at radius 2 is 1.65 bits per heavy atom. The lowest BCUT2D eigenvalue weighted by Crippen LogP contribution is -2.50. The molecule has 0 spiro atoms. The van der Waals surface area contributed by atoms with E-state index < -0.39 is 28.9 Å². The molecule has 26 heavy (non-hydrogen) atoms. The van der Waals surface area contributed by atoms with E-state index in [4.69, 9.17) is 0 Å². The molecule has 1 aliphatic heterocycles. The molecule has 7 heteroatoms. The van der Waals surface area contributed by atoms with Crippen LogP contribution in [0.4, 0.5) is 8.78 Å². The van der Waals surface area contributed by atoms with E-state index >= 15 is 0 Å². The molecular weight excluding hydrogens is 342 g/mol. The van der Waals surface area contributed by atoms with Crippen molar-refractivity contribution in [2.75, 3.05) is 26.2 Å². The van der Waals surface area contributed by atoms with Crippen molar-refractivity contribution in [3.05, 3.63) is 29.3 Å². The number of hydrogen-bond donors (Lipinski definition) is 1. The van der Waals surface area contributed by atoms with Crippen LogP contribution in [0.3, 0.4) is 0 Å². The van der Waals surface area contributed by atoms with E-state index in [1.807, 2.05) is 0 Å². The Hall–Kier alpha value is -2.18. The summed E-state index contributed by atoms with van der Waals surface area (Å²) in [5, 5.41) is 9.70. The summed E-state index contributed by atoms with van der Waals surface area (Å²) in [4.78, 5) is 27.9. The van der Waals surface area contributed by atoms with Gasteiger partial charge in [0.05, 0.1) is 0 Å². The second-order valence-corrected chi connectivity index (χ2v) is 7.14. The van der Waals surface area contributed by atoms with Gasteiger partial charge in [-0.25, -0.2) is 8.78 Å². The topological polar surface area (TPSA) is 60.9 Å². The first-order valence-electron chi connectivity index (χ1n) is 9.20. The summed E-state index contributed by atoms with van der Waals surface area (Å²) in [7, 11) is 0. The van der Waals surface area contributed by atoms with E-state index in [0.717, 1.165) is 12.5 Å². The predicted octanol–water partition coefficient (Wildman–Crippen LogP) is 2.93. The van der Waals surface area contributed by atoms with E-state index in [-0.39, 0.29) is 19.0 Å². The molecule has 0 aromatic heterocycles. The Morgan fingerprint density at radius 1 is 1.04 bits per heavy atom. The molecule has 5 nitrogen and oxygen atoms in total. The SMILES string of the molecule is O=C(CCC1CCCC1)N1CCN(C(=O)c2c(O)cc(F)cc2F)CC1. The molecule has 1 saturated heterocycles. The van der Waals surface area contributed by atoms with E-state index in [1.54, 1.807) is 4.90 Å².